The van der Waals surface area contributed by atoms with Gasteiger partial charge in [0.25, 0.3) is 5.91 Å². The highest BCUT2D eigenvalue weighted by Gasteiger charge is 2.44. The molecule has 9 heteroatoms. The molecule has 0 saturated carbocycles. The molecule has 4 rings (SSSR count). The van der Waals surface area contributed by atoms with Crippen molar-refractivity contribution in [1.82, 2.24) is 20.3 Å². The summed E-state index contributed by atoms with van der Waals surface area (Å²) in [5.41, 5.74) is 2.09. The number of nitrogens with zero attached hydrogens (tertiary/aromatic N) is 4. The lowest BCUT2D eigenvalue weighted by Crippen LogP contribution is -2.34. The van der Waals surface area contributed by atoms with E-state index in [0.717, 1.165) is 6.54 Å². The highest BCUT2D eigenvalue weighted by Crippen LogP contribution is 2.34. The van der Waals surface area contributed by atoms with Gasteiger partial charge in [0.15, 0.2) is 5.82 Å². The van der Waals surface area contributed by atoms with E-state index < -0.39 is 5.82 Å². The summed E-state index contributed by atoms with van der Waals surface area (Å²) in [4.78, 5) is 26.1. The normalized spacial score (nSPS) is 25.7. The summed E-state index contributed by atoms with van der Waals surface area (Å²) in [5.74, 6) is 0.450. The minimum Gasteiger partial charge on any atom is -0.376 e. The Morgan fingerprint density at radius 2 is 2.21 bits per heavy atom. The van der Waals surface area contributed by atoms with Gasteiger partial charge in [0.05, 0.1) is 30.6 Å². The van der Waals surface area contributed by atoms with E-state index in [0.29, 0.717) is 37.3 Å². The first-order chi connectivity index (χ1) is 11.7. The van der Waals surface area contributed by atoms with Crippen molar-refractivity contribution in [2.75, 3.05) is 31.1 Å². The number of rotatable bonds is 4. The van der Waals surface area contributed by atoms with Crippen LogP contribution in [-0.2, 0) is 4.74 Å². The lowest BCUT2D eigenvalue weighted by atomic mass is 9.93. The number of amides is 1. The maximum absolute atomic E-state index is 12.9. The molecule has 1 amide bonds. The highest BCUT2D eigenvalue weighted by atomic mass is 32.1. The average Bonchev–Trinajstić information content (AvgIpc) is 3.30. The Bertz CT molecular complexity index is 711. The fourth-order valence-corrected chi connectivity index (χ4v) is 3.81. The summed E-state index contributed by atoms with van der Waals surface area (Å²) < 4.78 is 18.8. The molecule has 0 spiro atoms. The molecule has 2 aliphatic heterocycles. The lowest BCUT2D eigenvalue weighted by Gasteiger charge is -2.19. The maximum Gasteiger partial charge on any atom is 0.270 e. The van der Waals surface area contributed by atoms with Gasteiger partial charge in [-0.25, -0.2) is 19.3 Å². The number of ether oxygens (including phenoxy) is 1. The van der Waals surface area contributed by atoms with Crippen LogP contribution in [0.25, 0.3) is 0 Å². The fourth-order valence-electron chi connectivity index (χ4n) is 3.28. The van der Waals surface area contributed by atoms with Gasteiger partial charge >= 0.3 is 0 Å². The zero-order chi connectivity index (χ0) is 16.5. The molecular formula is C15H16FN5O2S. The Hall–Kier alpha value is -2.13. The molecule has 2 aromatic heterocycles. The van der Waals surface area contributed by atoms with Crippen LogP contribution < -0.4 is 10.2 Å². The van der Waals surface area contributed by atoms with Crippen LogP contribution in [0.5, 0.6) is 0 Å². The molecule has 3 atom stereocenters. The zero-order valence-corrected chi connectivity index (χ0v) is 13.6. The molecule has 2 saturated heterocycles. The Morgan fingerprint density at radius 1 is 1.38 bits per heavy atom. The summed E-state index contributed by atoms with van der Waals surface area (Å²) in [5, 5.41) is 4.66. The summed E-state index contributed by atoms with van der Waals surface area (Å²) in [6.45, 7) is 2.61. The molecular weight excluding hydrogens is 333 g/mol. The second-order valence-electron chi connectivity index (χ2n) is 5.99. The lowest BCUT2D eigenvalue weighted by molar-refractivity contribution is 0.0935. The zero-order valence-electron chi connectivity index (χ0n) is 12.8. The first kappa shape index (κ1) is 15.4. The van der Waals surface area contributed by atoms with Crippen molar-refractivity contribution in [1.29, 1.82) is 0 Å². The predicted molar refractivity (Wildman–Crippen MR) is 85.4 cm³/mol. The Kier molecular flexibility index (Phi) is 4.11. The van der Waals surface area contributed by atoms with Gasteiger partial charge < -0.3 is 15.0 Å². The summed E-state index contributed by atoms with van der Waals surface area (Å²) in [7, 11) is 0. The third-order valence-electron chi connectivity index (χ3n) is 4.52. The Morgan fingerprint density at radius 3 is 2.96 bits per heavy atom. The Balaban J connectivity index is 1.36. The fraction of sp³-hybridized carbons (Fsp3) is 0.467. The second-order valence-corrected chi connectivity index (χ2v) is 6.70. The van der Waals surface area contributed by atoms with E-state index in [1.807, 2.05) is 4.90 Å². The maximum atomic E-state index is 12.9. The standard InChI is InChI=1S/C15H16FN5O2S/c16-10-2-18-15(19-3-10)21-4-11-9(6-23-13(11)5-21)1-17-14(22)12-7-24-8-20-12/h2-3,7-9,11,13H,1,4-6H2,(H,17,22)/t9-,11+,13+/m0/s1. The number of fused-ring (bicyclic) bond motifs is 1. The second kappa shape index (κ2) is 6.40. The van der Waals surface area contributed by atoms with Gasteiger partial charge in [-0.1, -0.05) is 0 Å². The average molecular weight is 349 g/mol. The monoisotopic (exact) mass is 349 g/mol. The topological polar surface area (TPSA) is 80.2 Å². The van der Waals surface area contributed by atoms with E-state index in [1.165, 1.54) is 23.7 Å². The molecule has 0 aliphatic carbocycles. The van der Waals surface area contributed by atoms with Crippen LogP contribution >= 0.6 is 11.3 Å². The smallest absolute Gasteiger partial charge is 0.270 e. The number of carbonyl (C=O) groups excluding carboxylic acids is 1. The number of hydrogen-bond donors (Lipinski definition) is 1. The van der Waals surface area contributed by atoms with Crippen molar-refractivity contribution < 1.29 is 13.9 Å². The van der Waals surface area contributed by atoms with Crippen molar-refractivity contribution in [3.8, 4) is 0 Å². The minimum absolute atomic E-state index is 0.0971. The third kappa shape index (κ3) is 2.96. The molecule has 126 valence electrons. The van der Waals surface area contributed by atoms with Crippen LogP contribution in [0.1, 0.15) is 10.5 Å². The van der Waals surface area contributed by atoms with Crippen molar-refractivity contribution in [3.05, 3.63) is 34.8 Å². The van der Waals surface area contributed by atoms with Crippen LogP contribution in [0.3, 0.4) is 0 Å². The van der Waals surface area contributed by atoms with Crippen LogP contribution in [0.2, 0.25) is 0 Å². The van der Waals surface area contributed by atoms with E-state index in [9.17, 15) is 9.18 Å². The minimum atomic E-state index is -0.447. The number of halogens is 1. The molecule has 1 N–H and O–H groups in total. The van der Waals surface area contributed by atoms with Gasteiger partial charge in [-0.05, 0) is 0 Å². The van der Waals surface area contributed by atoms with Crippen molar-refractivity contribution in [2.45, 2.75) is 6.10 Å². The quantitative estimate of drug-likeness (QED) is 0.885. The molecule has 0 aromatic carbocycles. The van der Waals surface area contributed by atoms with Crippen LogP contribution in [0.15, 0.2) is 23.3 Å². The van der Waals surface area contributed by atoms with Gasteiger partial charge in [-0.15, -0.1) is 11.3 Å². The van der Waals surface area contributed by atoms with Gasteiger partial charge in [-0.3, -0.25) is 4.79 Å². The number of anilines is 1. The van der Waals surface area contributed by atoms with Gasteiger partial charge in [0.2, 0.25) is 5.95 Å². The van der Waals surface area contributed by atoms with E-state index >= 15 is 0 Å². The van der Waals surface area contributed by atoms with Gasteiger partial charge in [0.1, 0.15) is 5.69 Å². The number of nitrogens with one attached hydrogen (secondary N) is 1. The van der Waals surface area contributed by atoms with Crippen molar-refractivity contribution in [3.63, 3.8) is 0 Å². The van der Waals surface area contributed by atoms with Gasteiger partial charge in [-0.2, -0.15) is 0 Å². The van der Waals surface area contributed by atoms with Crippen LogP contribution in [-0.4, -0.2) is 53.2 Å². The van der Waals surface area contributed by atoms with Crippen molar-refractivity contribution in [2.24, 2.45) is 11.8 Å². The van der Waals surface area contributed by atoms with E-state index in [2.05, 4.69) is 20.3 Å². The number of aromatic nitrogens is 3. The van der Waals surface area contributed by atoms with Gasteiger partial charge in [0, 0.05) is 36.9 Å². The summed E-state index contributed by atoms with van der Waals surface area (Å²) >= 11 is 1.40. The first-order valence-electron chi connectivity index (χ1n) is 7.71. The van der Waals surface area contributed by atoms with Crippen molar-refractivity contribution >= 4 is 23.2 Å². The first-order valence-corrected chi connectivity index (χ1v) is 8.65. The molecule has 0 unspecified atom stereocenters. The third-order valence-corrected chi connectivity index (χ3v) is 5.10. The molecule has 2 aliphatic rings. The Labute approximate surface area is 141 Å². The molecule has 4 heterocycles. The molecule has 2 aromatic rings. The number of carbonyl (C=O) groups is 1. The molecule has 24 heavy (non-hydrogen) atoms. The molecule has 0 bridgehead atoms. The number of thiazole rings is 1. The summed E-state index contributed by atoms with van der Waals surface area (Å²) in [6.07, 6.45) is 2.44. The van der Waals surface area contributed by atoms with E-state index in [1.54, 1.807) is 10.9 Å². The van der Waals surface area contributed by atoms with Crippen LogP contribution in [0, 0.1) is 17.7 Å². The number of hydrogen-bond acceptors (Lipinski definition) is 7. The summed E-state index contributed by atoms with van der Waals surface area (Å²) in [6, 6.07) is 0. The molecule has 0 radical (unpaired) electrons. The van der Waals surface area contributed by atoms with Crippen LogP contribution in [0.4, 0.5) is 10.3 Å². The van der Waals surface area contributed by atoms with E-state index in [-0.39, 0.29) is 17.9 Å². The predicted octanol–water partition coefficient (Wildman–Crippen LogP) is 0.953. The SMILES string of the molecule is O=C(NC[C@H]1CO[C@@H]2CN(c3ncc(F)cn3)C[C@H]12)c1cscn1. The highest BCUT2D eigenvalue weighted by molar-refractivity contribution is 7.07. The van der Waals surface area contributed by atoms with E-state index in [4.69, 9.17) is 4.74 Å². The molecule has 7 nitrogen and oxygen atoms in total. The largest absolute Gasteiger partial charge is 0.376 e. The molecule has 2 fully saturated rings.